The van der Waals surface area contributed by atoms with Gasteiger partial charge in [0.05, 0.1) is 11.7 Å². The van der Waals surface area contributed by atoms with Crippen molar-refractivity contribution in [3.63, 3.8) is 0 Å². The second kappa shape index (κ2) is 4.95. The molecule has 4 nitrogen and oxygen atoms in total. The van der Waals surface area contributed by atoms with Crippen LogP contribution in [0.25, 0.3) is 0 Å². The third kappa shape index (κ3) is 2.05. The van der Waals surface area contributed by atoms with Gasteiger partial charge >= 0.3 is 0 Å². The summed E-state index contributed by atoms with van der Waals surface area (Å²) in [5.41, 5.74) is 3.78. The molecule has 118 valence electrons. The molecule has 2 aromatic rings. The minimum atomic E-state index is -0.115. The maximum Gasteiger partial charge on any atom is 0.139 e. The molecule has 0 radical (unpaired) electrons. The van der Waals surface area contributed by atoms with Gasteiger partial charge in [0.2, 0.25) is 0 Å². The Morgan fingerprint density at radius 2 is 1.87 bits per heavy atom. The molecule has 0 saturated heterocycles. The van der Waals surface area contributed by atoms with Gasteiger partial charge in [-0.3, -0.25) is 0 Å². The minimum Gasteiger partial charge on any atom is -0.508 e. The second-order valence-corrected chi connectivity index (χ2v) is 6.41. The number of rotatable bonds is 1. The molecule has 0 saturated carbocycles. The molecule has 1 aliphatic heterocycles. The van der Waals surface area contributed by atoms with E-state index in [0.29, 0.717) is 0 Å². The summed E-state index contributed by atoms with van der Waals surface area (Å²) in [6, 6.07) is 8.22. The number of hydrogen-bond donors (Lipinski definition) is 4. The average molecular weight is 309 g/mol. The van der Waals surface area contributed by atoms with E-state index in [-0.39, 0.29) is 35.1 Å². The molecule has 3 atom stereocenters. The first-order valence-corrected chi connectivity index (χ1v) is 7.84. The van der Waals surface area contributed by atoms with Gasteiger partial charge in [-0.2, -0.15) is 0 Å². The predicted octanol–water partition coefficient (Wildman–Crippen LogP) is 3.94. The summed E-state index contributed by atoms with van der Waals surface area (Å²) >= 11 is 0. The molecule has 3 unspecified atom stereocenters. The van der Waals surface area contributed by atoms with E-state index in [1.807, 2.05) is 6.07 Å². The third-order valence-electron chi connectivity index (χ3n) is 5.06. The number of anilines is 1. The molecule has 1 aliphatic carbocycles. The van der Waals surface area contributed by atoms with Crippen LogP contribution in [0.4, 0.5) is 5.69 Å². The molecule has 4 heteroatoms. The number of phenolic OH excluding ortho intramolecular Hbond substituents is 3. The zero-order valence-electron chi connectivity index (χ0n) is 12.8. The lowest BCUT2D eigenvalue weighted by Crippen LogP contribution is -2.29. The zero-order chi connectivity index (χ0) is 16.1. The first-order chi connectivity index (χ1) is 11.1. The Balaban J connectivity index is 1.86. The number of phenols is 3. The summed E-state index contributed by atoms with van der Waals surface area (Å²) < 4.78 is 0. The fourth-order valence-corrected chi connectivity index (χ4v) is 3.98. The lowest BCUT2D eigenvalue weighted by atomic mass is 9.75. The maximum absolute atomic E-state index is 10.3. The van der Waals surface area contributed by atoms with Crippen molar-refractivity contribution in [2.24, 2.45) is 5.92 Å². The number of benzene rings is 2. The Labute approximate surface area is 134 Å². The Morgan fingerprint density at radius 1 is 1.04 bits per heavy atom. The van der Waals surface area contributed by atoms with Crippen LogP contribution in [0.3, 0.4) is 0 Å². The molecule has 23 heavy (non-hydrogen) atoms. The van der Waals surface area contributed by atoms with Crippen molar-refractivity contribution in [2.45, 2.75) is 25.3 Å². The van der Waals surface area contributed by atoms with E-state index >= 15 is 0 Å². The fraction of sp³-hybridized carbons (Fsp3) is 0.263. The van der Waals surface area contributed by atoms with Crippen LogP contribution in [0.15, 0.2) is 42.5 Å². The van der Waals surface area contributed by atoms with Crippen molar-refractivity contribution in [3.05, 3.63) is 59.2 Å². The highest BCUT2D eigenvalue weighted by atomic mass is 16.3. The van der Waals surface area contributed by atoms with Gasteiger partial charge in [0.1, 0.15) is 17.2 Å². The second-order valence-electron chi connectivity index (χ2n) is 6.41. The number of allylic oxidation sites excluding steroid dienone is 2. The molecule has 2 aromatic carbocycles. The van der Waals surface area contributed by atoms with Crippen LogP contribution in [-0.2, 0) is 0 Å². The molecular weight excluding hydrogens is 290 g/mol. The number of nitrogens with one attached hydrogen (secondary N) is 1. The molecule has 0 amide bonds. The van der Waals surface area contributed by atoms with Gasteiger partial charge in [-0.1, -0.05) is 18.2 Å². The molecule has 0 spiro atoms. The highest BCUT2D eigenvalue weighted by Crippen LogP contribution is 2.54. The van der Waals surface area contributed by atoms with Crippen LogP contribution in [0.2, 0.25) is 0 Å². The van der Waals surface area contributed by atoms with Gasteiger partial charge in [-0.15, -0.1) is 0 Å². The summed E-state index contributed by atoms with van der Waals surface area (Å²) in [5, 5.41) is 33.5. The SMILES string of the molecule is Cc1ccc(O)c2c1C1C=CCC1C(c1ccc(O)cc1O)N2. The van der Waals surface area contributed by atoms with E-state index in [0.717, 1.165) is 28.8 Å². The van der Waals surface area contributed by atoms with E-state index < -0.39 is 0 Å². The standard InChI is InChI=1S/C19H19NO3/c1-10-5-8-15(22)19-17(10)12-3-2-4-13(12)18(20-19)14-7-6-11(21)9-16(14)23/h2-3,5-9,12-13,18,20-23H,4H2,1H3. The van der Waals surface area contributed by atoms with Crippen molar-refractivity contribution in [2.75, 3.05) is 5.32 Å². The van der Waals surface area contributed by atoms with Gasteiger partial charge in [0, 0.05) is 17.5 Å². The van der Waals surface area contributed by atoms with Crippen molar-refractivity contribution in [1.29, 1.82) is 0 Å². The smallest absolute Gasteiger partial charge is 0.139 e. The number of hydrogen-bond acceptors (Lipinski definition) is 4. The Kier molecular flexibility index (Phi) is 3.01. The van der Waals surface area contributed by atoms with E-state index in [9.17, 15) is 15.3 Å². The number of fused-ring (bicyclic) bond motifs is 3. The van der Waals surface area contributed by atoms with Gasteiger partial charge in [0.15, 0.2) is 0 Å². The molecular formula is C19H19NO3. The lowest BCUT2D eigenvalue weighted by Gasteiger charge is -2.38. The van der Waals surface area contributed by atoms with Crippen LogP contribution in [0.5, 0.6) is 17.2 Å². The molecule has 0 bridgehead atoms. The molecule has 1 heterocycles. The summed E-state index contributed by atoms with van der Waals surface area (Å²) in [6.45, 7) is 2.06. The van der Waals surface area contributed by atoms with Crippen LogP contribution in [0, 0.1) is 12.8 Å². The Hall–Kier alpha value is -2.62. The highest BCUT2D eigenvalue weighted by Gasteiger charge is 2.40. The average Bonchev–Trinajstić information content (AvgIpc) is 3.00. The van der Waals surface area contributed by atoms with Crippen LogP contribution in [-0.4, -0.2) is 15.3 Å². The van der Waals surface area contributed by atoms with E-state index in [1.54, 1.807) is 18.2 Å². The first-order valence-electron chi connectivity index (χ1n) is 7.84. The van der Waals surface area contributed by atoms with E-state index in [1.165, 1.54) is 6.07 Å². The number of aryl methyl sites for hydroxylation is 1. The van der Waals surface area contributed by atoms with Crippen LogP contribution >= 0.6 is 0 Å². The normalized spacial score (nSPS) is 24.8. The van der Waals surface area contributed by atoms with Crippen molar-refractivity contribution in [3.8, 4) is 17.2 Å². The topological polar surface area (TPSA) is 72.7 Å². The summed E-state index contributed by atoms with van der Waals surface area (Å²) in [5.74, 6) is 0.841. The van der Waals surface area contributed by atoms with Gasteiger partial charge < -0.3 is 20.6 Å². The maximum atomic E-state index is 10.3. The van der Waals surface area contributed by atoms with Crippen LogP contribution < -0.4 is 5.32 Å². The minimum absolute atomic E-state index is 0.0437. The Bertz CT molecular complexity index is 813. The first kappa shape index (κ1) is 14.0. The summed E-state index contributed by atoms with van der Waals surface area (Å²) in [4.78, 5) is 0. The fourth-order valence-electron chi connectivity index (χ4n) is 3.98. The van der Waals surface area contributed by atoms with Crippen molar-refractivity contribution in [1.82, 2.24) is 0 Å². The van der Waals surface area contributed by atoms with Crippen molar-refractivity contribution >= 4 is 5.69 Å². The molecule has 0 aromatic heterocycles. The van der Waals surface area contributed by atoms with Gasteiger partial charge in [0.25, 0.3) is 0 Å². The molecule has 4 N–H and O–H groups in total. The van der Waals surface area contributed by atoms with Crippen LogP contribution in [0.1, 0.15) is 35.1 Å². The van der Waals surface area contributed by atoms with E-state index in [2.05, 4.69) is 24.4 Å². The van der Waals surface area contributed by atoms with Crippen molar-refractivity contribution < 1.29 is 15.3 Å². The zero-order valence-corrected chi connectivity index (χ0v) is 12.8. The summed E-state index contributed by atoms with van der Waals surface area (Å²) in [6.07, 6.45) is 5.28. The quantitative estimate of drug-likeness (QED) is 0.475. The lowest BCUT2D eigenvalue weighted by molar-refractivity contribution is 0.392. The Morgan fingerprint density at radius 3 is 2.65 bits per heavy atom. The number of aromatic hydroxyl groups is 3. The largest absolute Gasteiger partial charge is 0.508 e. The monoisotopic (exact) mass is 309 g/mol. The highest BCUT2D eigenvalue weighted by molar-refractivity contribution is 5.69. The molecule has 2 aliphatic rings. The summed E-state index contributed by atoms with van der Waals surface area (Å²) in [7, 11) is 0. The van der Waals surface area contributed by atoms with Gasteiger partial charge in [-0.25, -0.2) is 0 Å². The molecule has 4 rings (SSSR count). The third-order valence-corrected chi connectivity index (χ3v) is 5.06. The predicted molar refractivity (Wildman–Crippen MR) is 89.0 cm³/mol. The van der Waals surface area contributed by atoms with E-state index in [4.69, 9.17) is 0 Å². The van der Waals surface area contributed by atoms with Gasteiger partial charge in [-0.05, 0) is 48.6 Å². The molecule has 0 fully saturated rings.